The summed E-state index contributed by atoms with van der Waals surface area (Å²) in [4.78, 5) is 22.0. The molecule has 0 spiro atoms. The first-order valence-electron chi connectivity index (χ1n) is 4.72. The molecule has 0 aromatic heterocycles. The third kappa shape index (κ3) is 1.81. The first-order valence-corrected chi connectivity index (χ1v) is 4.72. The van der Waals surface area contributed by atoms with E-state index in [9.17, 15) is 9.59 Å². The zero-order chi connectivity index (χ0) is 10.8. The molecule has 1 aliphatic carbocycles. The van der Waals surface area contributed by atoms with Crippen LogP contribution in [0, 0.1) is 0 Å². The number of allylic oxidation sites excluding steroid dienone is 2. The van der Waals surface area contributed by atoms with Crippen molar-refractivity contribution in [2.45, 2.75) is 12.3 Å². The van der Waals surface area contributed by atoms with Gasteiger partial charge in [-0.1, -0.05) is 24.3 Å². The van der Waals surface area contributed by atoms with Gasteiger partial charge in [-0.05, 0) is 17.7 Å². The Morgan fingerprint density at radius 1 is 1.33 bits per heavy atom. The van der Waals surface area contributed by atoms with E-state index >= 15 is 0 Å². The zero-order valence-electron chi connectivity index (χ0n) is 8.01. The van der Waals surface area contributed by atoms with Gasteiger partial charge in [0.15, 0.2) is 5.78 Å². The monoisotopic (exact) mass is 202 g/mol. The molecule has 0 radical (unpaired) electrons. The summed E-state index contributed by atoms with van der Waals surface area (Å²) < 4.78 is 0. The first kappa shape index (κ1) is 9.65. The maximum Gasteiger partial charge on any atom is 0.335 e. The van der Waals surface area contributed by atoms with Crippen LogP contribution in [-0.2, 0) is 4.79 Å². The number of carboxylic acids is 1. The van der Waals surface area contributed by atoms with Gasteiger partial charge in [0.05, 0.1) is 5.56 Å². The molecule has 1 aromatic rings. The van der Waals surface area contributed by atoms with E-state index in [1.807, 2.05) is 0 Å². The molecule has 1 unspecified atom stereocenters. The second-order valence-corrected chi connectivity index (χ2v) is 3.53. The zero-order valence-corrected chi connectivity index (χ0v) is 8.01. The summed E-state index contributed by atoms with van der Waals surface area (Å²) in [5, 5.41) is 8.98. The molecule has 3 heteroatoms. The number of carboxylic acid groups (broad SMARTS) is 1. The van der Waals surface area contributed by atoms with E-state index in [1.54, 1.807) is 30.3 Å². The lowest BCUT2D eigenvalue weighted by Gasteiger charge is -2.10. The van der Waals surface area contributed by atoms with Gasteiger partial charge in [0.1, 0.15) is 0 Å². The number of aromatic carboxylic acids is 1. The molecule has 15 heavy (non-hydrogen) atoms. The van der Waals surface area contributed by atoms with Crippen molar-refractivity contribution in [1.82, 2.24) is 0 Å². The third-order valence-electron chi connectivity index (χ3n) is 2.53. The highest BCUT2D eigenvalue weighted by molar-refractivity contribution is 5.95. The highest BCUT2D eigenvalue weighted by atomic mass is 16.4. The van der Waals surface area contributed by atoms with Gasteiger partial charge in [0.25, 0.3) is 0 Å². The Kier molecular flexibility index (Phi) is 2.37. The molecular weight excluding hydrogens is 192 g/mol. The molecule has 2 rings (SSSR count). The van der Waals surface area contributed by atoms with Crippen LogP contribution in [0.5, 0.6) is 0 Å². The molecule has 1 atom stereocenters. The third-order valence-corrected chi connectivity index (χ3v) is 2.53. The van der Waals surface area contributed by atoms with Crippen molar-refractivity contribution in [2.75, 3.05) is 0 Å². The summed E-state index contributed by atoms with van der Waals surface area (Å²) >= 11 is 0. The van der Waals surface area contributed by atoms with Crippen LogP contribution in [0.1, 0.15) is 28.3 Å². The van der Waals surface area contributed by atoms with E-state index in [2.05, 4.69) is 0 Å². The summed E-state index contributed by atoms with van der Waals surface area (Å²) in [6, 6.07) is 6.80. The summed E-state index contributed by atoms with van der Waals surface area (Å²) in [7, 11) is 0. The molecule has 76 valence electrons. The molecule has 1 N–H and O–H groups in total. The molecule has 0 aliphatic heterocycles. The Bertz CT molecular complexity index is 446. The lowest BCUT2D eigenvalue weighted by atomic mass is 9.94. The van der Waals surface area contributed by atoms with Gasteiger partial charge < -0.3 is 5.11 Å². The smallest absolute Gasteiger partial charge is 0.335 e. The Morgan fingerprint density at radius 2 is 2.07 bits per heavy atom. The number of benzene rings is 1. The van der Waals surface area contributed by atoms with E-state index in [0.717, 1.165) is 0 Å². The SMILES string of the molecule is O=C1C=CC(c2ccccc2C(=O)O)C1. The minimum atomic E-state index is -0.946. The molecular formula is C12H10O3. The average Bonchev–Trinajstić information content (AvgIpc) is 2.65. The Hall–Kier alpha value is -1.90. The van der Waals surface area contributed by atoms with Gasteiger partial charge in [-0.3, -0.25) is 4.79 Å². The van der Waals surface area contributed by atoms with Crippen molar-refractivity contribution in [1.29, 1.82) is 0 Å². The number of hydrogen-bond donors (Lipinski definition) is 1. The molecule has 0 amide bonds. The number of hydrogen-bond acceptors (Lipinski definition) is 2. The van der Waals surface area contributed by atoms with E-state index in [4.69, 9.17) is 5.11 Å². The molecule has 1 aromatic carbocycles. The number of rotatable bonds is 2. The highest BCUT2D eigenvalue weighted by Gasteiger charge is 2.21. The first-order chi connectivity index (χ1) is 7.18. The Balaban J connectivity index is 2.40. The van der Waals surface area contributed by atoms with Gasteiger partial charge in [-0.15, -0.1) is 0 Å². The molecule has 0 heterocycles. The van der Waals surface area contributed by atoms with Crippen LogP contribution in [0.3, 0.4) is 0 Å². The van der Waals surface area contributed by atoms with Gasteiger partial charge >= 0.3 is 5.97 Å². The summed E-state index contributed by atoms with van der Waals surface area (Å²) in [5.41, 5.74) is 0.994. The average molecular weight is 202 g/mol. The van der Waals surface area contributed by atoms with E-state index in [-0.39, 0.29) is 17.3 Å². The second-order valence-electron chi connectivity index (χ2n) is 3.53. The van der Waals surface area contributed by atoms with Crippen molar-refractivity contribution < 1.29 is 14.7 Å². The van der Waals surface area contributed by atoms with Crippen molar-refractivity contribution in [3.05, 3.63) is 47.5 Å². The number of carbonyl (C=O) groups excluding carboxylic acids is 1. The Morgan fingerprint density at radius 3 is 2.67 bits per heavy atom. The lowest BCUT2D eigenvalue weighted by Crippen LogP contribution is -2.05. The quantitative estimate of drug-likeness (QED) is 0.797. The van der Waals surface area contributed by atoms with Crippen LogP contribution in [0.4, 0.5) is 0 Å². The minimum absolute atomic E-state index is 0.0557. The number of ketones is 1. The normalized spacial score (nSPS) is 19.5. The molecule has 3 nitrogen and oxygen atoms in total. The number of carbonyl (C=O) groups is 2. The highest BCUT2D eigenvalue weighted by Crippen LogP contribution is 2.28. The van der Waals surface area contributed by atoms with Crippen LogP contribution in [0.2, 0.25) is 0 Å². The summed E-state index contributed by atoms with van der Waals surface area (Å²) in [6.07, 6.45) is 3.66. The van der Waals surface area contributed by atoms with Crippen LogP contribution in [-0.4, -0.2) is 16.9 Å². The topological polar surface area (TPSA) is 54.4 Å². The fourth-order valence-electron chi connectivity index (χ4n) is 1.81. The van der Waals surface area contributed by atoms with E-state index < -0.39 is 5.97 Å². The van der Waals surface area contributed by atoms with Crippen LogP contribution >= 0.6 is 0 Å². The van der Waals surface area contributed by atoms with Crippen LogP contribution < -0.4 is 0 Å². The van der Waals surface area contributed by atoms with Crippen molar-refractivity contribution in [3.8, 4) is 0 Å². The fraction of sp³-hybridized carbons (Fsp3) is 0.167. The molecule has 0 fully saturated rings. The standard InChI is InChI=1S/C12H10O3/c13-9-6-5-8(7-9)10-3-1-2-4-11(10)12(14)15/h1-6,8H,7H2,(H,14,15). The summed E-state index contributed by atoms with van der Waals surface area (Å²) in [6.45, 7) is 0. The Labute approximate surface area is 87.0 Å². The van der Waals surface area contributed by atoms with Gasteiger partial charge in [0.2, 0.25) is 0 Å². The van der Waals surface area contributed by atoms with Gasteiger partial charge in [-0.25, -0.2) is 4.79 Å². The minimum Gasteiger partial charge on any atom is -0.478 e. The molecule has 0 saturated heterocycles. The molecule has 1 aliphatic rings. The van der Waals surface area contributed by atoms with E-state index in [0.29, 0.717) is 12.0 Å². The molecule has 0 bridgehead atoms. The maximum atomic E-state index is 11.1. The fourth-order valence-corrected chi connectivity index (χ4v) is 1.81. The van der Waals surface area contributed by atoms with Crippen molar-refractivity contribution in [2.24, 2.45) is 0 Å². The summed E-state index contributed by atoms with van der Waals surface area (Å²) in [5.74, 6) is -0.969. The predicted octanol–water partition coefficient (Wildman–Crippen LogP) is 2.00. The largest absolute Gasteiger partial charge is 0.478 e. The predicted molar refractivity (Wildman–Crippen MR) is 54.9 cm³/mol. The van der Waals surface area contributed by atoms with Crippen molar-refractivity contribution in [3.63, 3.8) is 0 Å². The van der Waals surface area contributed by atoms with E-state index in [1.165, 1.54) is 6.08 Å². The second kappa shape index (κ2) is 3.69. The molecule has 0 saturated carbocycles. The van der Waals surface area contributed by atoms with Gasteiger partial charge in [0, 0.05) is 12.3 Å². The maximum absolute atomic E-state index is 11.1. The lowest BCUT2D eigenvalue weighted by molar-refractivity contribution is -0.114. The van der Waals surface area contributed by atoms with Crippen LogP contribution in [0.25, 0.3) is 0 Å². The van der Waals surface area contributed by atoms with Gasteiger partial charge in [-0.2, -0.15) is 0 Å². The van der Waals surface area contributed by atoms with Crippen molar-refractivity contribution >= 4 is 11.8 Å². The van der Waals surface area contributed by atoms with Crippen LogP contribution in [0.15, 0.2) is 36.4 Å².